The third-order valence-electron chi connectivity index (χ3n) is 10.7. The smallest absolute Gasteiger partial charge is 0.414 e. The van der Waals surface area contributed by atoms with Crippen LogP contribution in [-0.4, -0.2) is 37.0 Å². The van der Waals surface area contributed by atoms with Crippen molar-refractivity contribution in [2.75, 3.05) is 0 Å². The van der Waals surface area contributed by atoms with Crippen LogP contribution >= 0.6 is 0 Å². The van der Waals surface area contributed by atoms with Crippen LogP contribution < -0.4 is 0 Å². The van der Waals surface area contributed by atoms with Gasteiger partial charge < -0.3 is 4.74 Å². The highest BCUT2D eigenvalue weighted by atomic mass is 28.3. The van der Waals surface area contributed by atoms with Crippen molar-refractivity contribution in [3.63, 3.8) is 0 Å². The van der Waals surface area contributed by atoms with Crippen molar-refractivity contribution in [1.29, 1.82) is 0 Å². The van der Waals surface area contributed by atoms with Gasteiger partial charge in [-0.2, -0.15) is 0 Å². The van der Waals surface area contributed by atoms with Gasteiger partial charge in [-0.3, -0.25) is 9.69 Å². The van der Waals surface area contributed by atoms with Gasteiger partial charge in [-0.05, 0) is 58.5 Å². The summed E-state index contributed by atoms with van der Waals surface area (Å²) >= 11 is 0. The fourth-order valence-electron chi connectivity index (χ4n) is 8.61. The van der Waals surface area contributed by atoms with Crippen molar-refractivity contribution >= 4 is 20.0 Å². The Labute approximate surface area is 252 Å². The van der Waals surface area contributed by atoms with Gasteiger partial charge in [-0.25, -0.2) is 4.79 Å². The quantitative estimate of drug-likeness (QED) is 0.182. The number of nitrogens with zero attached hydrogens (tertiary/aromatic N) is 1. The summed E-state index contributed by atoms with van der Waals surface area (Å²) in [7, 11) is -2.23. The van der Waals surface area contributed by atoms with Crippen LogP contribution in [0, 0.1) is 5.92 Å². The van der Waals surface area contributed by atoms with Crippen molar-refractivity contribution in [3.05, 3.63) is 47.3 Å². The first-order valence-corrected chi connectivity index (χ1v) is 18.9. The van der Waals surface area contributed by atoms with Crippen molar-refractivity contribution in [2.24, 2.45) is 5.92 Å². The molecule has 0 saturated heterocycles. The maximum atomic E-state index is 14.2. The molecule has 1 aliphatic carbocycles. The first-order valence-electron chi connectivity index (χ1n) is 16.7. The van der Waals surface area contributed by atoms with Crippen LogP contribution in [0.2, 0.25) is 16.6 Å². The molecule has 0 aromatic heterocycles. The molecule has 0 N–H and O–H groups in total. The Bertz CT molecular complexity index is 1010. The van der Waals surface area contributed by atoms with E-state index in [1.807, 2.05) is 11.1 Å². The third-order valence-corrected chi connectivity index (χ3v) is 17.8. The van der Waals surface area contributed by atoms with Crippen molar-refractivity contribution in [1.82, 2.24) is 4.90 Å². The van der Waals surface area contributed by atoms with Gasteiger partial charge in [-0.1, -0.05) is 125 Å². The molecule has 5 heteroatoms. The molecule has 41 heavy (non-hydrogen) atoms. The minimum Gasteiger partial charge on any atom is -0.446 e. The highest BCUT2D eigenvalue weighted by Crippen LogP contribution is 2.49. The number of carbonyl (C=O) groups is 2. The number of ether oxygens (including phenoxy) is 1. The first-order chi connectivity index (χ1) is 19.4. The van der Waals surface area contributed by atoms with E-state index in [-0.39, 0.29) is 35.4 Å². The Morgan fingerprint density at radius 2 is 1.56 bits per heavy atom. The molecule has 3 rings (SSSR count). The summed E-state index contributed by atoms with van der Waals surface area (Å²) < 4.78 is 6.53. The molecule has 1 heterocycles. The van der Waals surface area contributed by atoms with E-state index in [9.17, 15) is 9.59 Å². The molecule has 1 saturated carbocycles. The fourth-order valence-corrected chi connectivity index (χ4v) is 15.4. The maximum Gasteiger partial charge on any atom is 0.414 e. The summed E-state index contributed by atoms with van der Waals surface area (Å²) in [6.45, 7) is 20.6. The molecule has 1 amide bonds. The number of benzene rings is 1. The minimum atomic E-state index is -2.23. The Morgan fingerprint density at radius 3 is 2.15 bits per heavy atom. The molecule has 3 atom stereocenters. The predicted molar refractivity (Wildman–Crippen MR) is 175 cm³/mol. The predicted octanol–water partition coefficient (Wildman–Crippen LogP) is 10.4. The average molecular weight is 582 g/mol. The summed E-state index contributed by atoms with van der Waals surface area (Å²) in [5.41, 5.74) is 2.43. The van der Waals surface area contributed by atoms with E-state index in [1.54, 1.807) is 0 Å². The summed E-state index contributed by atoms with van der Waals surface area (Å²) in [5, 5.41) is 0.962. The molecule has 1 aliphatic heterocycles. The molecule has 1 fully saturated rings. The first kappa shape index (κ1) is 33.6. The second-order valence-electron chi connectivity index (χ2n) is 14.4. The number of ketones is 1. The fraction of sp³-hybridized carbons (Fsp3) is 0.722. The summed E-state index contributed by atoms with van der Waals surface area (Å²) in [4.78, 5) is 30.1. The molecule has 4 nitrogen and oxygen atoms in total. The number of hydrogen-bond acceptors (Lipinski definition) is 3. The molecule has 230 valence electrons. The third kappa shape index (κ3) is 7.20. The number of unbranched alkanes of at least 4 members (excludes halogenated alkanes) is 3. The molecule has 0 radical (unpaired) electrons. The molecule has 1 aromatic rings. The van der Waals surface area contributed by atoms with E-state index >= 15 is 0 Å². The minimum absolute atomic E-state index is 0.0972. The zero-order valence-corrected chi connectivity index (χ0v) is 28.7. The zero-order chi connectivity index (χ0) is 30.4. The normalized spacial score (nSPS) is 22.4. The zero-order valence-electron chi connectivity index (χ0n) is 27.7. The van der Waals surface area contributed by atoms with Crippen LogP contribution in [-0.2, 0) is 14.9 Å². The van der Waals surface area contributed by atoms with Gasteiger partial charge in [0.25, 0.3) is 0 Å². The lowest BCUT2D eigenvalue weighted by Gasteiger charge is -2.47. The van der Waals surface area contributed by atoms with Gasteiger partial charge in [0, 0.05) is 24.6 Å². The second-order valence-corrected chi connectivity index (χ2v) is 20.2. The Hall–Kier alpha value is -1.88. The number of allylic oxidation sites excluding steroid dienone is 1. The summed E-state index contributed by atoms with van der Waals surface area (Å²) in [6.07, 6.45) is 11.7. The maximum absolute atomic E-state index is 14.2. The van der Waals surface area contributed by atoms with Gasteiger partial charge in [0.15, 0.2) is 5.78 Å². The number of hydrogen-bond donors (Lipinski definition) is 0. The van der Waals surface area contributed by atoms with Crippen molar-refractivity contribution in [2.45, 2.75) is 161 Å². The van der Waals surface area contributed by atoms with Gasteiger partial charge in [0.05, 0.1) is 0 Å². The molecule has 0 spiro atoms. The van der Waals surface area contributed by atoms with Crippen molar-refractivity contribution < 1.29 is 14.3 Å². The van der Waals surface area contributed by atoms with Gasteiger partial charge in [0.1, 0.15) is 14.2 Å². The second kappa shape index (κ2) is 14.5. The molecule has 1 aromatic carbocycles. The van der Waals surface area contributed by atoms with Crippen LogP contribution in [0.1, 0.15) is 132 Å². The van der Waals surface area contributed by atoms with Gasteiger partial charge in [0.2, 0.25) is 0 Å². The van der Waals surface area contributed by atoms with E-state index in [2.05, 4.69) is 92.6 Å². The van der Waals surface area contributed by atoms with Gasteiger partial charge >= 0.3 is 6.09 Å². The van der Waals surface area contributed by atoms with Crippen LogP contribution in [0.15, 0.2) is 41.7 Å². The molecular formula is C36H59NO3Si. The van der Waals surface area contributed by atoms with Crippen LogP contribution in [0.4, 0.5) is 4.79 Å². The number of carbonyl (C=O) groups excluding carboxylic acids is 2. The number of amides is 1. The van der Waals surface area contributed by atoms with Crippen LogP contribution in [0.5, 0.6) is 0 Å². The molecule has 0 bridgehead atoms. The Kier molecular flexibility index (Phi) is 11.9. The summed E-state index contributed by atoms with van der Waals surface area (Å²) in [6, 6.07) is 10.6. The number of rotatable bonds is 12. The summed E-state index contributed by atoms with van der Waals surface area (Å²) in [5.74, 6) is 0.536. The van der Waals surface area contributed by atoms with E-state index in [0.29, 0.717) is 23.0 Å². The highest BCUT2D eigenvalue weighted by molar-refractivity contribution is 6.93. The highest BCUT2D eigenvalue weighted by Gasteiger charge is 2.51. The lowest BCUT2D eigenvalue weighted by atomic mass is 9.66. The Balaban J connectivity index is 1.98. The standard InChI is InChI=1S/C36H59NO3Si/c1-10-11-12-16-21-30-24-32(38)34(41(26(2)3,27(4)5)28(6)7)25-37(30)35(39)40-33-23-18-17-22-31(33)36(8,9)29-19-14-13-15-20-29/h13-15,19-20,25-28,30-31,33H,10-12,16-18,21-24H2,1-9H3/t30-,31-,33-/m0/s1. The van der Waals surface area contributed by atoms with E-state index in [1.165, 1.54) is 24.8 Å². The lowest BCUT2D eigenvalue weighted by molar-refractivity contribution is -0.116. The largest absolute Gasteiger partial charge is 0.446 e. The molecule has 0 unspecified atom stereocenters. The molecule has 2 aliphatic rings. The monoisotopic (exact) mass is 581 g/mol. The Morgan fingerprint density at radius 1 is 0.951 bits per heavy atom. The topological polar surface area (TPSA) is 46.6 Å². The van der Waals surface area contributed by atoms with Gasteiger partial charge in [-0.15, -0.1) is 0 Å². The number of Topliss-reactive ketones (excluding diaryl/α,β-unsaturated/α-hetero) is 1. The average Bonchev–Trinajstić information content (AvgIpc) is 2.92. The SMILES string of the molecule is CCCCCC[C@H]1CC(=O)C([Si](C(C)C)(C(C)C)C(C)C)=CN1C(=O)O[C@H]1CCCC[C@@H]1C(C)(C)c1ccccc1. The van der Waals surface area contributed by atoms with Crippen LogP contribution in [0.25, 0.3) is 0 Å². The van der Waals surface area contributed by atoms with Crippen molar-refractivity contribution in [3.8, 4) is 0 Å². The van der Waals surface area contributed by atoms with E-state index < -0.39 is 8.07 Å². The van der Waals surface area contributed by atoms with E-state index in [4.69, 9.17) is 4.74 Å². The molecular weight excluding hydrogens is 522 g/mol. The van der Waals surface area contributed by atoms with E-state index in [0.717, 1.165) is 43.7 Å². The van der Waals surface area contributed by atoms with Crippen LogP contribution in [0.3, 0.4) is 0 Å². The lowest BCUT2D eigenvalue weighted by Crippen LogP contribution is -2.54.